The maximum atomic E-state index is 5.46. The van der Waals surface area contributed by atoms with Crippen LogP contribution in [0, 0.1) is 13.8 Å². The van der Waals surface area contributed by atoms with E-state index in [0.29, 0.717) is 5.92 Å². The molecule has 2 N–H and O–H groups in total. The molecule has 0 radical (unpaired) electrons. The van der Waals surface area contributed by atoms with Gasteiger partial charge >= 0.3 is 0 Å². The summed E-state index contributed by atoms with van der Waals surface area (Å²) in [7, 11) is 0. The highest BCUT2D eigenvalue weighted by molar-refractivity contribution is 6.20. The quantitative estimate of drug-likeness (QED) is 0.430. The first kappa shape index (κ1) is 22.6. The monoisotopic (exact) mass is 410 g/mol. The third kappa shape index (κ3) is 5.52. The van der Waals surface area contributed by atoms with Gasteiger partial charge in [-0.05, 0) is 84.7 Å². The van der Waals surface area contributed by atoms with Crippen molar-refractivity contribution in [2.75, 3.05) is 5.73 Å². The summed E-state index contributed by atoms with van der Waals surface area (Å²) in [6, 6.07) is 21.1. The number of benzene rings is 3. The summed E-state index contributed by atoms with van der Waals surface area (Å²) < 4.78 is 0. The highest BCUT2D eigenvalue weighted by Gasteiger charge is 2.18. The van der Waals surface area contributed by atoms with E-state index in [4.69, 9.17) is 5.73 Å². The molecule has 1 unspecified atom stereocenters. The van der Waals surface area contributed by atoms with Crippen LogP contribution >= 0.6 is 0 Å². The van der Waals surface area contributed by atoms with E-state index < -0.39 is 0 Å². The highest BCUT2D eigenvalue weighted by atomic mass is 14.8. The minimum atomic E-state index is 0.707. The molecule has 0 saturated heterocycles. The van der Waals surface area contributed by atoms with Crippen molar-refractivity contribution in [3.05, 3.63) is 100 Å². The Hall–Kier alpha value is -3.13. The van der Waals surface area contributed by atoms with Crippen LogP contribution in [0.25, 0.3) is 6.08 Å². The standard InChI is InChI=1S/C20H19N.C7H9N.C2H6/c1-13-3-9-17-19(21-20(17)11-13)10-6-15-5-8-16-7-4-14(2)18(16)12-15;1-6-3-2-4-7(8)5-6;1-2/h3,5-6,8-12,14H,4,7H2,1-2H3;2-5H,8H2,1H3;1-2H3/b10-6+;;. The number of allylic oxidation sites excluding steroid dienone is 1. The Morgan fingerprint density at radius 1 is 0.903 bits per heavy atom. The Bertz CT molecular complexity index is 1090. The van der Waals surface area contributed by atoms with Crippen LogP contribution in [0.2, 0.25) is 0 Å². The topological polar surface area (TPSA) is 38.4 Å². The Kier molecular flexibility index (Phi) is 7.46. The molecule has 3 aromatic rings. The van der Waals surface area contributed by atoms with E-state index >= 15 is 0 Å². The first-order valence-corrected chi connectivity index (χ1v) is 11.3. The van der Waals surface area contributed by atoms with Gasteiger partial charge in [-0.2, -0.15) is 0 Å². The van der Waals surface area contributed by atoms with Gasteiger partial charge in [0.2, 0.25) is 0 Å². The molecule has 0 fully saturated rings. The number of hydrogen-bond donors (Lipinski definition) is 1. The Labute approximate surface area is 187 Å². The minimum absolute atomic E-state index is 0.707. The number of nitrogens with two attached hydrogens (primary N) is 1. The highest BCUT2D eigenvalue weighted by Crippen LogP contribution is 2.34. The van der Waals surface area contributed by atoms with E-state index in [1.165, 1.54) is 46.2 Å². The lowest BCUT2D eigenvalue weighted by atomic mass is 9.97. The van der Waals surface area contributed by atoms with Gasteiger partial charge in [-0.3, -0.25) is 0 Å². The summed E-state index contributed by atoms with van der Waals surface area (Å²) in [5.41, 5.74) is 16.6. The summed E-state index contributed by atoms with van der Waals surface area (Å²) in [4.78, 5) is 4.58. The molecule has 3 aromatic carbocycles. The van der Waals surface area contributed by atoms with Gasteiger partial charge < -0.3 is 5.73 Å². The predicted molar refractivity (Wildman–Crippen MR) is 137 cm³/mol. The molecule has 2 aliphatic rings. The van der Waals surface area contributed by atoms with E-state index in [1.54, 1.807) is 0 Å². The molecule has 0 spiro atoms. The largest absolute Gasteiger partial charge is 0.399 e. The molecular weight excluding hydrogens is 376 g/mol. The third-order valence-corrected chi connectivity index (χ3v) is 5.69. The van der Waals surface area contributed by atoms with Gasteiger partial charge in [-0.15, -0.1) is 0 Å². The number of hydrogen-bond acceptors (Lipinski definition) is 2. The molecule has 0 aromatic heterocycles. The van der Waals surface area contributed by atoms with Crippen molar-refractivity contribution >= 4 is 23.2 Å². The van der Waals surface area contributed by atoms with Crippen LogP contribution in [0.1, 0.15) is 66.5 Å². The zero-order valence-corrected chi connectivity index (χ0v) is 19.4. The maximum absolute atomic E-state index is 5.46. The molecule has 160 valence electrons. The summed E-state index contributed by atoms with van der Waals surface area (Å²) in [6.45, 7) is 10.5. The van der Waals surface area contributed by atoms with Crippen LogP contribution < -0.4 is 5.73 Å². The summed E-state index contributed by atoms with van der Waals surface area (Å²) in [5, 5.41) is 0. The smallest absolute Gasteiger partial charge is 0.0733 e. The summed E-state index contributed by atoms with van der Waals surface area (Å²) in [6.07, 6.45) is 6.85. The van der Waals surface area contributed by atoms with Crippen LogP contribution in [-0.4, -0.2) is 5.71 Å². The second kappa shape index (κ2) is 10.3. The van der Waals surface area contributed by atoms with Crippen LogP contribution in [0.15, 0.2) is 71.7 Å². The van der Waals surface area contributed by atoms with Crippen LogP contribution in [0.3, 0.4) is 0 Å². The van der Waals surface area contributed by atoms with Crippen molar-refractivity contribution in [2.45, 2.75) is 53.4 Å². The van der Waals surface area contributed by atoms with Crippen molar-refractivity contribution in [1.82, 2.24) is 0 Å². The molecule has 2 nitrogen and oxygen atoms in total. The second-order valence-corrected chi connectivity index (χ2v) is 8.16. The van der Waals surface area contributed by atoms with E-state index in [1.807, 2.05) is 45.0 Å². The van der Waals surface area contributed by atoms with E-state index in [0.717, 1.165) is 17.1 Å². The van der Waals surface area contributed by atoms with Crippen LogP contribution in [0.5, 0.6) is 0 Å². The van der Waals surface area contributed by atoms with Crippen LogP contribution in [-0.2, 0) is 6.42 Å². The minimum Gasteiger partial charge on any atom is -0.399 e. The van der Waals surface area contributed by atoms with Gasteiger partial charge in [-0.25, -0.2) is 4.99 Å². The maximum Gasteiger partial charge on any atom is 0.0733 e. The molecule has 0 amide bonds. The zero-order valence-electron chi connectivity index (χ0n) is 19.4. The fourth-order valence-electron chi connectivity index (χ4n) is 3.99. The zero-order chi connectivity index (χ0) is 22.4. The molecular formula is C29H34N2. The number of anilines is 1. The number of aryl methyl sites for hydroxylation is 3. The number of nitrogens with zero attached hydrogens (tertiary/aromatic N) is 1. The number of rotatable bonds is 2. The molecule has 0 saturated carbocycles. The second-order valence-electron chi connectivity index (χ2n) is 8.16. The predicted octanol–water partition coefficient (Wildman–Crippen LogP) is 7.80. The van der Waals surface area contributed by atoms with Gasteiger partial charge in [-0.1, -0.05) is 69.3 Å². The number of nitrogen functional groups attached to an aromatic ring is 1. The molecule has 31 heavy (non-hydrogen) atoms. The fourth-order valence-corrected chi connectivity index (χ4v) is 3.99. The van der Waals surface area contributed by atoms with Crippen molar-refractivity contribution < 1.29 is 0 Å². The van der Waals surface area contributed by atoms with Gasteiger partial charge in [0.1, 0.15) is 0 Å². The molecule has 1 heterocycles. The Morgan fingerprint density at radius 2 is 1.68 bits per heavy atom. The number of aliphatic imine (C=N–C) groups is 1. The van der Waals surface area contributed by atoms with Crippen molar-refractivity contribution in [1.29, 1.82) is 0 Å². The normalized spacial score (nSPS) is 15.5. The Balaban J connectivity index is 0.000000230. The van der Waals surface area contributed by atoms with Gasteiger partial charge in [0.25, 0.3) is 0 Å². The first-order chi connectivity index (χ1) is 15.0. The SMILES string of the molecule is CC.Cc1ccc2c(c1)N=C2/C=C/c1ccc2c(c1)C(C)CC2.Cc1cccc(N)c1. The lowest BCUT2D eigenvalue weighted by Crippen LogP contribution is -2.05. The average molecular weight is 411 g/mol. The molecule has 2 heteroatoms. The van der Waals surface area contributed by atoms with Crippen molar-refractivity contribution in [3.63, 3.8) is 0 Å². The van der Waals surface area contributed by atoms with Crippen LogP contribution in [0.4, 0.5) is 11.4 Å². The first-order valence-electron chi connectivity index (χ1n) is 11.3. The van der Waals surface area contributed by atoms with E-state index in [2.05, 4.69) is 67.4 Å². The molecule has 1 aliphatic heterocycles. The van der Waals surface area contributed by atoms with Gasteiger partial charge in [0.15, 0.2) is 0 Å². The lowest BCUT2D eigenvalue weighted by Gasteiger charge is -2.16. The average Bonchev–Trinajstić information content (AvgIpc) is 3.11. The Morgan fingerprint density at radius 3 is 2.35 bits per heavy atom. The van der Waals surface area contributed by atoms with Crippen molar-refractivity contribution in [2.24, 2.45) is 4.99 Å². The summed E-state index contributed by atoms with van der Waals surface area (Å²) in [5.74, 6) is 0.707. The summed E-state index contributed by atoms with van der Waals surface area (Å²) >= 11 is 0. The lowest BCUT2D eigenvalue weighted by molar-refractivity contribution is 0.747. The molecule has 1 aliphatic carbocycles. The van der Waals surface area contributed by atoms with Crippen molar-refractivity contribution in [3.8, 4) is 0 Å². The third-order valence-electron chi connectivity index (χ3n) is 5.69. The molecule has 1 atom stereocenters. The fraction of sp³-hybridized carbons (Fsp3) is 0.276. The number of fused-ring (bicyclic) bond motifs is 2. The van der Waals surface area contributed by atoms with Gasteiger partial charge in [0.05, 0.1) is 11.4 Å². The van der Waals surface area contributed by atoms with E-state index in [-0.39, 0.29) is 0 Å². The van der Waals surface area contributed by atoms with Gasteiger partial charge in [0, 0.05) is 11.3 Å². The molecule has 0 bridgehead atoms. The molecule has 5 rings (SSSR count). The van der Waals surface area contributed by atoms with E-state index in [9.17, 15) is 0 Å².